The highest BCUT2D eigenvalue weighted by molar-refractivity contribution is 9.10. The average Bonchev–Trinajstić information content (AvgIpc) is 3.53. The van der Waals surface area contributed by atoms with E-state index in [1.54, 1.807) is 37.4 Å². The van der Waals surface area contributed by atoms with Gasteiger partial charge >= 0.3 is 6.09 Å². The minimum atomic E-state index is -0.953. The molecule has 32 heavy (non-hydrogen) atoms. The fourth-order valence-electron chi connectivity index (χ4n) is 3.73. The third-order valence-electron chi connectivity index (χ3n) is 5.21. The van der Waals surface area contributed by atoms with Gasteiger partial charge in [0.1, 0.15) is 12.1 Å². The highest BCUT2D eigenvalue weighted by Gasteiger charge is 2.40. The van der Waals surface area contributed by atoms with Crippen molar-refractivity contribution in [1.29, 1.82) is 0 Å². The molecule has 2 atom stereocenters. The maximum atomic E-state index is 13.5. The van der Waals surface area contributed by atoms with Crippen molar-refractivity contribution in [1.82, 2.24) is 19.6 Å². The second-order valence-corrected chi connectivity index (χ2v) is 8.79. The number of carbonyl (C=O) groups is 3. The lowest BCUT2D eigenvalue weighted by Gasteiger charge is -2.29. The van der Waals surface area contributed by atoms with Crippen LogP contribution < -0.4 is 9.24 Å². The molecule has 1 aromatic carbocycles. The molecule has 1 aliphatic rings. The van der Waals surface area contributed by atoms with E-state index in [1.165, 1.54) is 20.2 Å². The Labute approximate surface area is 197 Å². The molecular formula is C21H22BrN5O4S. The first-order valence-electron chi connectivity index (χ1n) is 10.2. The van der Waals surface area contributed by atoms with Gasteiger partial charge in [0.05, 0.1) is 29.0 Å². The van der Waals surface area contributed by atoms with E-state index in [-0.39, 0.29) is 18.4 Å². The van der Waals surface area contributed by atoms with Crippen LogP contribution in [0.3, 0.4) is 0 Å². The number of alkyl carbamates (subject to hydrolysis) is 1. The summed E-state index contributed by atoms with van der Waals surface area (Å²) in [6, 6.07) is 7.31. The first-order valence-corrected chi connectivity index (χ1v) is 11.8. The maximum Gasteiger partial charge on any atom is 0.408 e. The number of nitrogens with zero attached hydrogens (tertiary/aromatic N) is 4. The predicted octanol–water partition coefficient (Wildman–Crippen LogP) is 3.52. The highest BCUT2D eigenvalue weighted by Crippen LogP contribution is 2.28. The Kier molecular flexibility index (Phi) is 6.75. The van der Waals surface area contributed by atoms with E-state index < -0.39 is 18.2 Å². The topological polar surface area (TPSA) is 96.2 Å². The number of aromatic nitrogens is 2. The van der Waals surface area contributed by atoms with Gasteiger partial charge in [-0.3, -0.25) is 14.0 Å². The summed E-state index contributed by atoms with van der Waals surface area (Å²) < 4.78 is 8.12. The number of amides is 3. The van der Waals surface area contributed by atoms with Gasteiger partial charge in [0.25, 0.3) is 11.8 Å². The van der Waals surface area contributed by atoms with Crippen molar-refractivity contribution < 1.29 is 19.1 Å². The number of carbonyl (C=O) groups excluding carboxylic acids is 3. The maximum absolute atomic E-state index is 13.5. The fraction of sp³-hybridized carbons (Fsp3) is 0.333. The van der Waals surface area contributed by atoms with E-state index in [0.717, 1.165) is 4.96 Å². The zero-order chi connectivity index (χ0) is 22.7. The standard InChI is InChI=1S/C21H22BrN5O4S/c1-2-31-21(30)24-17(14-7-4-3-5-8-14)19(29)26-10-6-9-15(26)18(28)27(22)16-13-25-11-12-32-20(25)23-16/h3-5,7-8,11-13,15,17H,2,6,9-10H2,1H3,(H,24,30). The average molecular weight is 520 g/mol. The molecule has 0 saturated carbocycles. The third-order valence-corrected chi connectivity index (χ3v) is 6.70. The molecule has 0 radical (unpaired) electrons. The van der Waals surface area contributed by atoms with Crippen LogP contribution in [-0.2, 0) is 14.3 Å². The van der Waals surface area contributed by atoms with Crippen molar-refractivity contribution in [2.75, 3.05) is 17.1 Å². The highest BCUT2D eigenvalue weighted by atomic mass is 79.9. The van der Waals surface area contributed by atoms with Gasteiger partial charge in [0.2, 0.25) is 0 Å². The molecule has 2 unspecified atom stereocenters. The molecule has 1 fully saturated rings. The lowest BCUT2D eigenvalue weighted by Crippen LogP contribution is -2.49. The van der Waals surface area contributed by atoms with Crippen molar-refractivity contribution in [2.45, 2.75) is 31.8 Å². The van der Waals surface area contributed by atoms with Gasteiger partial charge in [-0.1, -0.05) is 30.3 Å². The summed E-state index contributed by atoms with van der Waals surface area (Å²) in [5.74, 6) is -0.193. The van der Waals surface area contributed by atoms with E-state index in [0.29, 0.717) is 30.8 Å². The summed E-state index contributed by atoms with van der Waals surface area (Å²) in [5.41, 5.74) is 0.619. The molecule has 0 spiro atoms. The molecule has 1 aliphatic heterocycles. The Balaban J connectivity index is 1.55. The Hall–Kier alpha value is -2.92. The second kappa shape index (κ2) is 9.70. The molecule has 1 saturated heterocycles. The number of fused-ring (bicyclic) bond motifs is 1. The number of halogens is 1. The second-order valence-electron chi connectivity index (χ2n) is 7.21. The predicted molar refractivity (Wildman–Crippen MR) is 124 cm³/mol. The van der Waals surface area contributed by atoms with Crippen molar-refractivity contribution in [3.8, 4) is 0 Å². The monoisotopic (exact) mass is 519 g/mol. The molecule has 3 aromatic rings. The molecule has 4 rings (SSSR count). The van der Waals surface area contributed by atoms with E-state index in [1.807, 2.05) is 22.0 Å². The summed E-state index contributed by atoms with van der Waals surface area (Å²) in [6.07, 6.45) is 4.13. The molecular weight excluding hydrogens is 498 g/mol. The lowest BCUT2D eigenvalue weighted by molar-refractivity contribution is -0.138. The number of rotatable bonds is 6. The molecule has 0 aliphatic carbocycles. The molecule has 9 nitrogen and oxygen atoms in total. The van der Waals surface area contributed by atoms with Crippen LogP contribution in [0, 0.1) is 0 Å². The Morgan fingerprint density at radius 2 is 2.12 bits per heavy atom. The number of likely N-dealkylation sites (tertiary alicyclic amines) is 1. The normalized spacial score (nSPS) is 16.7. The van der Waals surface area contributed by atoms with Gasteiger partial charge in [-0.05, 0) is 25.3 Å². The van der Waals surface area contributed by atoms with Crippen LogP contribution in [0.2, 0.25) is 0 Å². The SMILES string of the molecule is CCOC(=O)NC(C(=O)N1CCCC1C(=O)N(Br)c1cn2ccsc2n1)c1ccccc1. The van der Waals surface area contributed by atoms with Gasteiger partial charge in [0, 0.05) is 18.1 Å². The Bertz CT molecular complexity index is 1090. The van der Waals surface area contributed by atoms with Crippen LogP contribution >= 0.6 is 27.5 Å². The number of nitrogens with one attached hydrogen (secondary N) is 1. The summed E-state index contributed by atoms with van der Waals surface area (Å²) >= 11 is 4.79. The van der Waals surface area contributed by atoms with Crippen molar-refractivity contribution in [3.05, 3.63) is 53.7 Å². The van der Waals surface area contributed by atoms with Crippen LogP contribution in [0.4, 0.5) is 10.6 Å². The molecule has 3 heterocycles. The first kappa shape index (κ1) is 22.3. The number of benzene rings is 1. The van der Waals surface area contributed by atoms with Crippen LogP contribution in [0.25, 0.3) is 4.96 Å². The fourth-order valence-corrected chi connectivity index (χ4v) is 4.83. The molecule has 168 valence electrons. The number of ether oxygens (including phenoxy) is 1. The number of hydrogen-bond donors (Lipinski definition) is 1. The number of anilines is 1. The van der Waals surface area contributed by atoms with Crippen molar-refractivity contribution >= 4 is 56.2 Å². The summed E-state index contributed by atoms with van der Waals surface area (Å²) in [5, 5.41) is 4.55. The van der Waals surface area contributed by atoms with Gasteiger partial charge in [-0.15, -0.1) is 11.3 Å². The van der Waals surface area contributed by atoms with E-state index in [2.05, 4.69) is 26.4 Å². The largest absolute Gasteiger partial charge is 0.450 e. The van der Waals surface area contributed by atoms with Gasteiger partial charge in [0.15, 0.2) is 10.8 Å². The minimum Gasteiger partial charge on any atom is -0.450 e. The molecule has 11 heteroatoms. The van der Waals surface area contributed by atoms with Crippen molar-refractivity contribution in [3.63, 3.8) is 0 Å². The molecule has 2 aromatic heterocycles. The number of thiazole rings is 1. The number of hydrogen-bond acceptors (Lipinski definition) is 6. The summed E-state index contributed by atoms with van der Waals surface area (Å²) in [7, 11) is 0. The summed E-state index contributed by atoms with van der Waals surface area (Å²) in [4.78, 5) is 45.6. The van der Waals surface area contributed by atoms with Gasteiger partial charge in [-0.2, -0.15) is 0 Å². The van der Waals surface area contributed by atoms with Crippen LogP contribution in [0.5, 0.6) is 0 Å². The summed E-state index contributed by atoms with van der Waals surface area (Å²) in [6.45, 7) is 2.30. The molecule has 3 amide bonds. The molecule has 0 bridgehead atoms. The quantitative estimate of drug-likeness (QED) is 0.502. The minimum absolute atomic E-state index is 0.188. The van der Waals surface area contributed by atoms with Crippen LogP contribution in [0.15, 0.2) is 48.1 Å². The van der Waals surface area contributed by atoms with Gasteiger partial charge < -0.3 is 15.0 Å². The number of imidazole rings is 1. The van der Waals surface area contributed by atoms with Crippen molar-refractivity contribution in [2.24, 2.45) is 0 Å². The van der Waals surface area contributed by atoms with Crippen LogP contribution in [0.1, 0.15) is 31.4 Å². The third kappa shape index (κ3) is 4.49. The zero-order valence-electron chi connectivity index (χ0n) is 17.3. The lowest BCUT2D eigenvalue weighted by atomic mass is 10.0. The van der Waals surface area contributed by atoms with Crippen LogP contribution in [-0.4, -0.2) is 51.4 Å². The van der Waals surface area contributed by atoms with Gasteiger partial charge in [-0.25, -0.2) is 13.7 Å². The van der Waals surface area contributed by atoms with E-state index >= 15 is 0 Å². The van der Waals surface area contributed by atoms with E-state index in [4.69, 9.17) is 4.74 Å². The first-order chi connectivity index (χ1) is 15.5. The van der Waals surface area contributed by atoms with E-state index in [9.17, 15) is 14.4 Å². The zero-order valence-corrected chi connectivity index (χ0v) is 19.7. The Morgan fingerprint density at radius 1 is 1.34 bits per heavy atom. The Morgan fingerprint density at radius 3 is 2.84 bits per heavy atom. The molecule has 1 N–H and O–H groups in total. The smallest absolute Gasteiger partial charge is 0.408 e.